The maximum absolute atomic E-state index is 12.4. The molecule has 2 fully saturated rings. The van der Waals surface area contributed by atoms with Crippen molar-refractivity contribution in [2.45, 2.75) is 38.8 Å². The fourth-order valence-electron chi connectivity index (χ4n) is 2.82. The van der Waals surface area contributed by atoms with Crippen LogP contribution < -0.4 is 5.32 Å². The molecule has 0 aromatic heterocycles. The predicted molar refractivity (Wildman–Crippen MR) is 82.3 cm³/mol. The van der Waals surface area contributed by atoms with Crippen LogP contribution in [-0.4, -0.2) is 34.9 Å². The lowest BCUT2D eigenvalue weighted by Gasteiger charge is -2.20. The van der Waals surface area contributed by atoms with Crippen LogP contribution in [0.15, 0.2) is 24.3 Å². The molecule has 0 bridgehead atoms. The Bertz CT molecular complexity index is 651. The Balaban J connectivity index is 1.56. The van der Waals surface area contributed by atoms with Crippen molar-refractivity contribution in [3.8, 4) is 0 Å². The van der Waals surface area contributed by atoms with Crippen molar-refractivity contribution in [1.29, 1.82) is 0 Å². The zero-order valence-electron chi connectivity index (χ0n) is 13.3. The SMILES string of the molecule is Cc1ccc(COC(=O)CN2C(=O)N[C@@](C)(C3CC3)C2=O)cc1. The first-order valence-corrected chi connectivity index (χ1v) is 7.75. The minimum Gasteiger partial charge on any atom is -0.459 e. The minimum atomic E-state index is -0.867. The maximum atomic E-state index is 12.4. The fourth-order valence-corrected chi connectivity index (χ4v) is 2.82. The number of carbonyl (C=O) groups excluding carboxylic acids is 3. The minimum absolute atomic E-state index is 0.128. The summed E-state index contributed by atoms with van der Waals surface area (Å²) in [6.07, 6.45) is 1.85. The molecule has 2 aliphatic rings. The third-order valence-electron chi connectivity index (χ3n) is 4.50. The number of benzene rings is 1. The van der Waals surface area contributed by atoms with Gasteiger partial charge in [0.05, 0.1) is 0 Å². The number of hydrogen-bond donors (Lipinski definition) is 1. The van der Waals surface area contributed by atoms with Crippen LogP contribution in [0.25, 0.3) is 0 Å². The summed E-state index contributed by atoms with van der Waals surface area (Å²) in [7, 11) is 0. The Kier molecular flexibility index (Phi) is 3.83. The molecule has 6 nitrogen and oxygen atoms in total. The molecule has 6 heteroatoms. The number of rotatable bonds is 5. The summed E-state index contributed by atoms with van der Waals surface area (Å²) >= 11 is 0. The summed E-state index contributed by atoms with van der Waals surface area (Å²) in [6.45, 7) is 3.48. The molecule has 0 radical (unpaired) electrons. The third kappa shape index (κ3) is 3.06. The third-order valence-corrected chi connectivity index (χ3v) is 4.50. The molecule has 3 amide bonds. The lowest BCUT2D eigenvalue weighted by atomic mass is 9.96. The van der Waals surface area contributed by atoms with E-state index >= 15 is 0 Å². The van der Waals surface area contributed by atoms with Gasteiger partial charge in [0.25, 0.3) is 5.91 Å². The summed E-state index contributed by atoms with van der Waals surface area (Å²) in [4.78, 5) is 37.3. The summed E-state index contributed by atoms with van der Waals surface area (Å²) in [6, 6.07) is 7.10. The van der Waals surface area contributed by atoms with Crippen LogP contribution in [0.5, 0.6) is 0 Å². The molecule has 1 aromatic rings. The van der Waals surface area contributed by atoms with Crippen molar-refractivity contribution < 1.29 is 19.1 Å². The number of hydrogen-bond acceptors (Lipinski definition) is 4. The first-order valence-electron chi connectivity index (χ1n) is 7.75. The molecular weight excluding hydrogens is 296 g/mol. The normalized spacial score (nSPS) is 23.8. The number of nitrogens with zero attached hydrogens (tertiary/aromatic N) is 1. The fraction of sp³-hybridized carbons (Fsp3) is 0.471. The molecule has 1 aliphatic heterocycles. The van der Waals surface area contributed by atoms with Crippen molar-refractivity contribution in [1.82, 2.24) is 10.2 Å². The van der Waals surface area contributed by atoms with Gasteiger partial charge < -0.3 is 10.1 Å². The Labute approximate surface area is 134 Å². The maximum Gasteiger partial charge on any atom is 0.326 e. The standard InChI is InChI=1S/C17H20N2O4/c1-11-3-5-12(6-4-11)10-23-14(20)9-19-15(21)17(2,13-7-8-13)18-16(19)22/h3-6,13H,7-10H2,1-2H3,(H,18,22)/t17-/m0/s1. The van der Waals surface area contributed by atoms with Gasteiger partial charge in [-0.05, 0) is 38.2 Å². The molecule has 3 rings (SSSR count). The smallest absolute Gasteiger partial charge is 0.326 e. The molecule has 0 spiro atoms. The quantitative estimate of drug-likeness (QED) is 0.663. The molecule has 23 heavy (non-hydrogen) atoms. The molecule has 1 saturated heterocycles. The molecule has 122 valence electrons. The van der Waals surface area contributed by atoms with E-state index < -0.39 is 17.5 Å². The number of esters is 1. The molecule has 0 unspecified atom stereocenters. The van der Waals surface area contributed by atoms with E-state index in [9.17, 15) is 14.4 Å². The molecule has 1 N–H and O–H groups in total. The number of urea groups is 1. The number of carbonyl (C=O) groups is 3. The highest BCUT2D eigenvalue weighted by molar-refractivity contribution is 6.08. The van der Waals surface area contributed by atoms with Crippen LogP contribution in [-0.2, 0) is 20.9 Å². The van der Waals surface area contributed by atoms with Crippen LogP contribution in [0.3, 0.4) is 0 Å². The monoisotopic (exact) mass is 316 g/mol. The summed E-state index contributed by atoms with van der Waals surface area (Å²) in [5.41, 5.74) is 1.12. The van der Waals surface area contributed by atoms with E-state index in [0.717, 1.165) is 28.9 Å². The van der Waals surface area contributed by atoms with E-state index in [-0.39, 0.29) is 25.0 Å². The van der Waals surface area contributed by atoms with E-state index in [4.69, 9.17) is 4.74 Å². The molecule has 1 aromatic carbocycles. The Morgan fingerprint density at radius 3 is 2.57 bits per heavy atom. The Morgan fingerprint density at radius 2 is 1.96 bits per heavy atom. The van der Waals surface area contributed by atoms with E-state index in [1.807, 2.05) is 31.2 Å². The average Bonchev–Trinajstić information content (AvgIpc) is 3.33. The number of amides is 3. The number of imide groups is 1. The molecule has 1 heterocycles. The second-order valence-electron chi connectivity index (χ2n) is 6.44. The molecule has 1 atom stereocenters. The van der Waals surface area contributed by atoms with Crippen molar-refractivity contribution in [2.24, 2.45) is 5.92 Å². The zero-order valence-corrected chi connectivity index (χ0v) is 13.3. The van der Waals surface area contributed by atoms with Gasteiger partial charge in [0.2, 0.25) is 0 Å². The summed E-state index contributed by atoms with van der Waals surface area (Å²) in [5.74, 6) is -0.751. The highest BCUT2D eigenvalue weighted by Gasteiger charge is 2.56. The second kappa shape index (κ2) is 5.68. The topological polar surface area (TPSA) is 75.7 Å². The largest absolute Gasteiger partial charge is 0.459 e. The predicted octanol–water partition coefficient (Wildman–Crippen LogP) is 1.76. The Morgan fingerprint density at radius 1 is 1.30 bits per heavy atom. The number of nitrogens with one attached hydrogen (secondary N) is 1. The van der Waals surface area contributed by atoms with Crippen molar-refractivity contribution in [3.63, 3.8) is 0 Å². The van der Waals surface area contributed by atoms with Gasteiger partial charge in [-0.25, -0.2) is 4.79 Å². The van der Waals surface area contributed by atoms with Gasteiger partial charge in [0.1, 0.15) is 18.7 Å². The van der Waals surface area contributed by atoms with Crippen molar-refractivity contribution in [3.05, 3.63) is 35.4 Å². The number of ether oxygens (including phenoxy) is 1. The highest BCUT2D eigenvalue weighted by Crippen LogP contribution is 2.42. The van der Waals surface area contributed by atoms with Crippen LogP contribution >= 0.6 is 0 Å². The lowest BCUT2D eigenvalue weighted by Crippen LogP contribution is -2.46. The van der Waals surface area contributed by atoms with E-state index in [2.05, 4.69) is 5.32 Å². The first-order chi connectivity index (χ1) is 10.9. The van der Waals surface area contributed by atoms with Crippen LogP contribution in [0.4, 0.5) is 4.79 Å². The Hall–Kier alpha value is -2.37. The molecule has 1 saturated carbocycles. The second-order valence-corrected chi connectivity index (χ2v) is 6.44. The van der Waals surface area contributed by atoms with Crippen molar-refractivity contribution in [2.75, 3.05) is 6.54 Å². The van der Waals surface area contributed by atoms with Gasteiger partial charge in [-0.1, -0.05) is 29.8 Å². The number of aryl methyl sites for hydroxylation is 1. The van der Waals surface area contributed by atoms with Gasteiger partial charge in [-0.2, -0.15) is 0 Å². The zero-order chi connectivity index (χ0) is 16.6. The van der Waals surface area contributed by atoms with Gasteiger partial charge in [-0.15, -0.1) is 0 Å². The average molecular weight is 316 g/mol. The first kappa shape index (κ1) is 15.5. The van der Waals surface area contributed by atoms with E-state index in [1.54, 1.807) is 6.92 Å². The van der Waals surface area contributed by atoms with E-state index in [0.29, 0.717) is 0 Å². The van der Waals surface area contributed by atoms with Crippen LogP contribution in [0, 0.1) is 12.8 Å². The van der Waals surface area contributed by atoms with Crippen molar-refractivity contribution >= 4 is 17.9 Å². The highest BCUT2D eigenvalue weighted by atomic mass is 16.5. The van der Waals surface area contributed by atoms with Gasteiger partial charge in [0.15, 0.2) is 0 Å². The molecule has 1 aliphatic carbocycles. The van der Waals surface area contributed by atoms with E-state index in [1.165, 1.54) is 0 Å². The van der Waals surface area contributed by atoms with Gasteiger partial charge in [0, 0.05) is 0 Å². The van der Waals surface area contributed by atoms with Gasteiger partial charge >= 0.3 is 12.0 Å². The lowest BCUT2D eigenvalue weighted by molar-refractivity contribution is -0.148. The summed E-state index contributed by atoms with van der Waals surface area (Å²) in [5, 5.41) is 2.71. The molecular formula is C17H20N2O4. The summed E-state index contributed by atoms with van der Waals surface area (Å²) < 4.78 is 5.16. The van der Waals surface area contributed by atoms with Crippen LogP contribution in [0.2, 0.25) is 0 Å². The van der Waals surface area contributed by atoms with Crippen LogP contribution in [0.1, 0.15) is 30.9 Å². The van der Waals surface area contributed by atoms with Gasteiger partial charge in [-0.3, -0.25) is 14.5 Å².